The highest BCUT2D eigenvalue weighted by Gasteiger charge is 2.54. The molecule has 0 radical (unpaired) electrons. The molecule has 0 saturated carbocycles. The summed E-state index contributed by atoms with van der Waals surface area (Å²) in [7, 11) is 0. The first-order chi connectivity index (χ1) is 12.6. The molecule has 4 atom stereocenters. The molecule has 0 aliphatic carbocycles. The van der Waals surface area contributed by atoms with E-state index in [1.54, 1.807) is 0 Å². The van der Waals surface area contributed by atoms with Crippen LogP contribution in [0.2, 0.25) is 0 Å². The molecular formula is C17H27ClN2O6S. The summed E-state index contributed by atoms with van der Waals surface area (Å²) in [5.74, 6) is -4.31. The number of likely N-dealkylation sites (tertiary alicyclic amines) is 1. The third kappa shape index (κ3) is 5.36. The van der Waals surface area contributed by atoms with Crippen molar-refractivity contribution in [1.29, 1.82) is 0 Å². The Morgan fingerprint density at radius 2 is 1.96 bits per heavy atom. The van der Waals surface area contributed by atoms with Gasteiger partial charge in [-0.3, -0.25) is 14.4 Å². The van der Waals surface area contributed by atoms with Crippen LogP contribution in [-0.2, 0) is 23.9 Å². The molecule has 27 heavy (non-hydrogen) atoms. The molecule has 8 nitrogen and oxygen atoms in total. The molecule has 1 unspecified atom stereocenters. The van der Waals surface area contributed by atoms with E-state index in [-0.39, 0.29) is 13.2 Å². The maximum atomic E-state index is 12.9. The number of Topliss-reactive ketones (excluding diaryl/α,β-unsaturated/α-hetero) is 1. The number of nitrogens with two attached hydrogens (primary N) is 1. The van der Waals surface area contributed by atoms with Crippen LogP contribution in [0, 0.1) is 5.92 Å². The molecule has 1 amide bonds. The number of unbranched alkanes of at least 4 members (excludes halogenated alkanes) is 1. The number of hydrogen-bond donors (Lipinski definition) is 3. The van der Waals surface area contributed by atoms with Crippen LogP contribution in [0.4, 0.5) is 0 Å². The number of ketones is 1. The number of carbonyl (C=O) groups excluding carboxylic acids is 3. The zero-order valence-corrected chi connectivity index (χ0v) is 17.2. The van der Waals surface area contributed by atoms with Gasteiger partial charge in [-0.05, 0) is 32.6 Å². The number of aliphatic carboxylic acids is 1. The van der Waals surface area contributed by atoms with Gasteiger partial charge in [0, 0.05) is 12.4 Å². The lowest BCUT2D eigenvalue weighted by molar-refractivity contribution is -0.157. The number of halogens is 1. The van der Waals surface area contributed by atoms with Crippen molar-refractivity contribution < 1.29 is 29.0 Å². The maximum Gasteiger partial charge on any atom is 0.330 e. The molecule has 0 aromatic rings. The molecule has 1 saturated heterocycles. The van der Waals surface area contributed by atoms with E-state index in [1.165, 1.54) is 18.7 Å². The maximum absolute atomic E-state index is 12.9. The van der Waals surface area contributed by atoms with Crippen LogP contribution in [0.1, 0.15) is 39.5 Å². The highest BCUT2D eigenvalue weighted by Crippen LogP contribution is 2.33. The second-order valence-electron chi connectivity index (χ2n) is 6.70. The Balaban J connectivity index is 3.07. The van der Waals surface area contributed by atoms with E-state index >= 15 is 0 Å². The van der Waals surface area contributed by atoms with Crippen LogP contribution in [0.3, 0.4) is 0 Å². The third-order valence-corrected chi connectivity index (χ3v) is 5.74. The fourth-order valence-electron chi connectivity index (χ4n) is 3.02. The number of rotatable bonds is 10. The number of carboxylic acids is 1. The van der Waals surface area contributed by atoms with Gasteiger partial charge in [0.15, 0.2) is 10.5 Å². The van der Waals surface area contributed by atoms with Gasteiger partial charge < -0.3 is 20.5 Å². The largest absolute Gasteiger partial charge is 0.480 e. The monoisotopic (exact) mass is 422 g/mol. The lowest BCUT2D eigenvalue weighted by Gasteiger charge is -2.34. The van der Waals surface area contributed by atoms with Crippen LogP contribution >= 0.6 is 24.2 Å². The van der Waals surface area contributed by atoms with E-state index in [2.05, 4.69) is 12.6 Å². The Labute approximate surface area is 169 Å². The fraction of sp³-hybridized carbons (Fsp3) is 0.765. The zero-order chi connectivity index (χ0) is 20.8. The minimum absolute atomic E-state index is 0.0302. The first-order valence-corrected chi connectivity index (χ1v) is 9.85. The SMILES string of the molecule is C[C@H](N)C(=O)C(S)(C(=O)OCCCCCl)[C@@H](C)C(=O)N1CCC[C@H]1C(=O)O. The highest BCUT2D eigenvalue weighted by molar-refractivity contribution is 7.83. The Morgan fingerprint density at radius 1 is 1.33 bits per heavy atom. The predicted octanol–water partition coefficient (Wildman–Crippen LogP) is 0.845. The van der Waals surface area contributed by atoms with E-state index in [9.17, 15) is 24.3 Å². The number of amides is 1. The number of carboxylic acid groups (broad SMARTS) is 1. The highest BCUT2D eigenvalue weighted by atomic mass is 35.5. The van der Waals surface area contributed by atoms with Gasteiger partial charge in [0.1, 0.15) is 6.04 Å². The molecular weight excluding hydrogens is 396 g/mol. The van der Waals surface area contributed by atoms with E-state index in [0.29, 0.717) is 31.6 Å². The average Bonchev–Trinajstić information content (AvgIpc) is 3.12. The number of esters is 1. The van der Waals surface area contributed by atoms with Gasteiger partial charge in [-0.25, -0.2) is 4.79 Å². The summed E-state index contributed by atoms with van der Waals surface area (Å²) >= 11 is 9.83. The van der Waals surface area contributed by atoms with Crippen LogP contribution < -0.4 is 5.73 Å². The summed E-state index contributed by atoms with van der Waals surface area (Å²) in [5.41, 5.74) is 5.66. The van der Waals surface area contributed by atoms with Gasteiger partial charge in [-0.2, -0.15) is 12.6 Å². The van der Waals surface area contributed by atoms with Crippen molar-refractivity contribution in [2.24, 2.45) is 11.7 Å². The Bertz CT molecular complexity index is 588. The molecule has 0 aromatic heterocycles. The molecule has 0 bridgehead atoms. The van der Waals surface area contributed by atoms with Crippen molar-refractivity contribution in [3.8, 4) is 0 Å². The average molecular weight is 423 g/mol. The van der Waals surface area contributed by atoms with Crippen molar-refractivity contribution in [2.45, 2.75) is 56.4 Å². The standard InChI is InChI=1S/C17H27ClN2O6S/c1-10(14(22)20-8-5-6-12(20)15(23)24)17(27,13(21)11(2)19)16(25)26-9-4-3-7-18/h10-12,27H,3-9,19H2,1-2H3,(H,23,24)/t10-,11-,12-,17?/m0/s1. The zero-order valence-electron chi connectivity index (χ0n) is 15.5. The molecule has 0 aromatic carbocycles. The molecule has 3 N–H and O–H groups in total. The second kappa shape index (κ2) is 10.3. The number of carbonyl (C=O) groups is 4. The molecule has 1 aliphatic heterocycles. The molecule has 1 fully saturated rings. The summed E-state index contributed by atoms with van der Waals surface area (Å²) in [4.78, 5) is 50.8. The lowest BCUT2D eigenvalue weighted by atomic mass is 9.84. The summed E-state index contributed by atoms with van der Waals surface area (Å²) in [5, 5.41) is 9.29. The normalized spacial score (nSPS) is 21.2. The van der Waals surface area contributed by atoms with Gasteiger partial charge in [-0.1, -0.05) is 6.92 Å². The van der Waals surface area contributed by atoms with Gasteiger partial charge >= 0.3 is 11.9 Å². The van der Waals surface area contributed by atoms with Crippen molar-refractivity contribution in [3.05, 3.63) is 0 Å². The summed E-state index contributed by atoms with van der Waals surface area (Å²) in [6.45, 7) is 3.03. The number of ether oxygens (including phenoxy) is 1. The van der Waals surface area contributed by atoms with Crippen molar-refractivity contribution >= 4 is 47.9 Å². The lowest BCUT2D eigenvalue weighted by Crippen LogP contribution is -2.58. The number of thiol groups is 1. The summed E-state index contributed by atoms with van der Waals surface area (Å²) < 4.78 is 3.05. The van der Waals surface area contributed by atoms with Gasteiger partial charge in [0.05, 0.1) is 18.6 Å². The van der Waals surface area contributed by atoms with Crippen LogP contribution in [-0.4, -0.2) is 69.5 Å². The molecule has 10 heteroatoms. The van der Waals surface area contributed by atoms with Gasteiger partial charge in [0.2, 0.25) is 5.91 Å². The first-order valence-electron chi connectivity index (χ1n) is 8.87. The third-order valence-electron chi connectivity index (χ3n) is 4.68. The smallest absolute Gasteiger partial charge is 0.330 e. The van der Waals surface area contributed by atoms with Gasteiger partial charge in [0.25, 0.3) is 0 Å². The van der Waals surface area contributed by atoms with Gasteiger partial charge in [-0.15, -0.1) is 11.6 Å². The van der Waals surface area contributed by atoms with E-state index in [4.69, 9.17) is 22.1 Å². The Kier molecular flexibility index (Phi) is 9.04. The number of alkyl halides is 1. The van der Waals surface area contributed by atoms with E-state index < -0.39 is 46.4 Å². The number of hydrogen-bond acceptors (Lipinski definition) is 7. The molecule has 154 valence electrons. The molecule has 1 aliphatic rings. The van der Waals surface area contributed by atoms with Crippen LogP contribution in [0.5, 0.6) is 0 Å². The predicted molar refractivity (Wildman–Crippen MR) is 103 cm³/mol. The molecule has 0 spiro atoms. The van der Waals surface area contributed by atoms with E-state index in [1.807, 2.05) is 0 Å². The quantitative estimate of drug-likeness (QED) is 0.156. The molecule has 1 rings (SSSR count). The molecule has 1 heterocycles. The topological polar surface area (TPSA) is 127 Å². The summed E-state index contributed by atoms with van der Waals surface area (Å²) in [6.07, 6.45) is 1.97. The number of nitrogens with zero attached hydrogens (tertiary/aromatic N) is 1. The minimum atomic E-state index is -2.10. The van der Waals surface area contributed by atoms with Crippen molar-refractivity contribution in [1.82, 2.24) is 4.90 Å². The first kappa shape index (κ1) is 23.7. The van der Waals surface area contributed by atoms with E-state index in [0.717, 1.165) is 0 Å². The Morgan fingerprint density at radius 3 is 2.48 bits per heavy atom. The van der Waals surface area contributed by atoms with Crippen LogP contribution in [0.25, 0.3) is 0 Å². The second-order valence-corrected chi connectivity index (χ2v) is 7.78. The summed E-state index contributed by atoms with van der Waals surface area (Å²) in [6, 6.07) is -2.04. The van der Waals surface area contributed by atoms with Crippen molar-refractivity contribution in [2.75, 3.05) is 19.0 Å². The van der Waals surface area contributed by atoms with Crippen LogP contribution in [0.15, 0.2) is 0 Å². The Hall–Kier alpha value is -1.32. The fourth-order valence-corrected chi connectivity index (χ4v) is 3.59. The van der Waals surface area contributed by atoms with Crippen molar-refractivity contribution in [3.63, 3.8) is 0 Å². The minimum Gasteiger partial charge on any atom is -0.480 e.